The van der Waals surface area contributed by atoms with Crippen LogP contribution in [0.2, 0.25) is 0 Å². The Balaban J connectivity index is 2.02. The van der Waals surface area contributed by atoms with Gasteiger partial charge in [-0.15, -0.1) is 0 Å². The van der Waals surface area contributed by atoms with E-state index in [9.17, 15) is 18.0 Å². The summed E-state index contributed by atoms with van der Waals surface area (Å²) < 4.78 is 37.3. The molecule has 2 aromatic rings. The van der Waals surface area contributed by atoms with Crippen LogP contribution in [0.15, 0.2) is 53.4 Å². The molecule has 8 nitrogen and oxygen atoms in total. The number of nitrogens with one attached hydrogen (secondary N) is 2. The summed E-state index contributed by atoms with van der Waals surface area (Å²) in [6.07, 6.45) is 0.0577. The number of carbonyl (C=O) groups is 2. The summed E-state index contributed by atoms with van der Waals surface area (Å²) >= 11 is 0. The summed E-state index contributed by atoms with van der Waals surface area (Å²) in [5.41, 5.74) is 0.656. The summed E-state index contributed by atoms with van der Waals surface area (Å²) in [5, 5.41) is 2.68. The summed E-state index contributed by atoms with van der Waals surface area (Å²) in [6.45, 7) is 4.02. The second kappa shape index (κ2) is 9.92. The van der Waals surface area contributed by atoms with Crippen LogP contribution in [-0.4, -0.2) is 40.1 Å². The number of hydrogen-bond acceptors (Lipinski definition) is 6. The topological polar surface area (TPSA) is 111 Å². The van der Waals surface area contributed by atoms with Gasteiger partial charge in [0.15, 0.2) is 0 Å². The molecule has 2 aromatic carbocycles. The van der Waals surface area contributed by atoms with E-state index in [0.29, 0.717) is 23.6 Å². The largest absolute Gasteiger partial charge is 0.494 e. The van der Waals surface area contributed by atoms with E-state index in [-0.39, 0.29) is 17.2 Å². The molecule has 0 spiro atoms. The van der Waals surface area contributed by atoms with Gasteiger partial charge in [0.2, 0.25) is 0 Å². The molecule has 0 aliphatic heterocycles. The Labute approximate surface area is 170 Å². The van der Waals surface area contributed by atoms with Gasteiger partial charge in [-0.05, 0) is 62.4 Å². The minimum Gasteiger partial charge on any atom is -0.494 e. The van der Waals surface area contributed by atoms with Crippen molar-refractivity contribution >= 4 is 27.6 Å². The van der Waals surface area contributed by atoms with Crippen molar-refractivity contribution in [1.29, 1.82) is 0 Å². The minimum absolute atomic E-state index is 0.0577. The third-order valence-corrected chi connectivity index (χ3v) is 5.32. The van der Waals surface area contributed by atoms with Crippen molar-refractivity contribution in [2.24, 2.45) is 0 Å². The molecule has 0 aliphatic rings. The van der Waals surface area contributed by atoms with Crippen LogP contribution in [0.3, 0.4) is 0 Å². The van der Waals surface area contributed by atoms with E-state index >= 15 is 0 Å². The first-order chi connectivity index (χ1) is 13.7. The summed E-state index contributed by atoms with van der Waals surface area (Å²) in [4.78, 5) is 23.6. The van der Waals surface area contributed by atoms with E-state index in [2.05, 4.69) is 14.8 Å². The molecule has 0 aromatic heterocycles. The van der Waals surface area contributed by atoms with Gasteiger partial charge in [0.05, 0.1) is 25.0 Å². The second-order valence-electron chi connectivity index (χ2n) is 6.24. The third kappa shape index (κ3) is 6.49. The first-order valence-electron chi connectivity index (χ1n) is 8.98. The Morgan fingerprint density at radius 2 is 1.66 bits per heavy atom. The molecule has 0 unspecified atom stereocenters. The molecule has 0 bridgehead atoms. The van der Waals surface area contributed by atoms with Crippen molar-refractivity contribution in [3.05, 3.63) is 54.1 Å². The summed E-state index contributed by atoms with van der Waals surface area (Å²) in [7, 11) is -2.49. The highest BCUT2D eigenvalue weighted by atomic mass is 32.2. The Kier molecular flexibility index (Phi) is 7.60. The lowest BCUT2D eigenvalue weighted by molar-refractivity contribution is -0.141. The summed E-state index contributed by atoms with van der Waals surface area (Å²) in [6, 6.07) is 11.7. The number of anilines is 1. The molecule has 0 fully saturated rings. The van der Waals surface area contributed by atoms with Crippen molar-refractivity contribution in [2.45, 2.75) is 31.2 Å². The van der Waals surface area contributed by atoms with Crippen LogP contribution in [-0.2, 0) is 19.6 Å². The number of rotatable bonds is 9. The van der Waals surface area contributed by atoms with E-state index in [1.165, 1.54) is 43.5 Å². The van der Waals surface area contributed by atoms with Crippen molar-refractivity contribution in [2.75, 3.05) is 18.4 Å². The zero-order chi connectivity index (χ0) is 21.4. The van der Waals surface area contributed by atoms with Gasteiger partial charge in [0.1, 0.15) is 5.75 Å². The molecule has 0 saturated carbocycles. The van der Waals surface area contributed by atoms with Gasteiger partial charge in [0, 0.05) is 17.3 Å². The van der Waals surface area contributed by atoms with Gasteiger partial charge < -0.3 is 14.8 Å². The Bertz CT molecular complexity index is 940. The van der Waals surface area contributed by atoms with Crippen LogP contribution in [0.1, 0.15) is 30.6 Å². The molecule has 9 heteroatoms. The van der Waals surface area contributed by atoms with Crippen molar-refractivity contribution in [3.8, 4) is 5.75 Å². The van der Waals surface area contributed by atoms with E-state index < -0.39 is 22.0 Å². The average molecular weight is 420 g/mol. The Hall–Kier alpha value is -3.07. The molecule has 0 radical (unpaired) electrons. The van der Waals surface area contributed by atoms with E-state index in [1.54, 1.807) is 19.1 Å². The van der Waals surface area contributed by atoms with Gasteiger partial charge in [-0.2, -0.15) is 0 Å². The Morgan fingerprint density at radius 3 is 2.21 bits per heavy atom. The maximum atomic E-state index is 12.5. The highest BCUT2D eigenvalue weighted by molar-refractivity contribution is 7.92. The number of carbonyl (C=O) groups excluding carboxylic acids is 2. The average Bonchev–Trinajstić information content (AvgIpc) is 2.68. The molecule has 1 amide bonds. The van der Waals surface area contributed by atoms with Crippen molar-refractivity contribution < 1.29 is 27.5 Å². The maximum Gasteiger partial charge on any atom is 0.307 e. The number of hydrogen-bond donors (Lipinski definition) is 2. The fourth-order valence-corrected chi connectivity index (χ4v) is 3.54. The monoisotopic (exact) mass is 420 g/mol. The number of amides is 1. The highest BCUT2D eigenvalue weighted by Crippen LogP contribution is 2.19. The van der Waals surface area contributed by atoms with Crippen LogP contribution in [0.4, 0.5) is 5.69 Å². The van der Waals surface area contributed by atoms with Crippen LogP contribution in [0.5, 0.6) is 5.75 Å². The SMILES string of the molecule is CCOc1ccc(S(=O)(=O)Nc2ccc(C(=O)N[C@@H](C)CC(=O)OC)cc2)cc1. The van der Waals surface area contributed by atoms with E-state index in [0.717, 1.165) is 0 Å². The molecule has 1 atom stereocenters. The third-order valence-electron chi connectivity index (χ3n) is 3.92. The van der Waals surface area contributed by atoms with Crippen LogP contribution >= 0.6 is 0 Å². The predicted octanol–water partition coefficient (Wildman–Crippen LogP) is 2.57. The molecule has 29 heavy (non-hydrogen) atoms. The molecule has 2 rings (SSSR count). The molecule has 0 heterocycles. The number of benzene rings is 2. The van der Waals surface area contributed by atoms with Crippen molar-refractivity contribution in [1.82, 2.24) is 5.32 Å². The number of esters is 1. The second-order valence-corrected chi connectivity index (χ2v) is 7.92. The normalized spacial score (nSPS) is 12.0. The van der Waals surface area contributed by atoms with Gasteiger partial charge in [-0.3, -0.25) is 14.3 Å². The van der Waals surface area contributed by atoms with Crippen LogP contribution < -0.4 is 14.8 Å². The van der Waals surface area contributed by atoms with Gasteiger partial charge >= 0.3 is 5.97 Å². The van der Waals surface area contributed by atoms with Crippen LogP contribution in [0.25, 0.3) is 0 Å². The number of methoxy groups -OCH3 is 1. The summed E-state index contributed by atoms with van der Waals surface area (Å²) in [5.74, 6) is -0.206. The first kappa shape index (κ1) is 22.2. The Morgan fingerprint density at radius 1 is 1.03 bits per heavy atom. The predicted molar refractivity (Wildman–Crippen MR) is 108 cm³/mol. The highest BCUT2D eigenvalue weighted by Gasteiger charge is 2.16. The minimum atomic E-state index is -3.77. The van der Waals surface area contributed by atoms with Gasteiger partial charge in [-0.1, -0.05) is 0 Å². The molecule has 0 saturated heterocycles. The zero-order valence-electron chi connectivity index (χ0n) is 16.5. The molecular weight excluding hydrogens is 396 g/mol. The first-order valence-corrected chi connectivity index (χ1v) is 10.5. The van der Waals surface area contributed by atoms with E-state index in [4.69, 9.17) is 4.74 Å². The molecule has 156 valence electrons. The fourth-order valence-electron chi connectivity index (χ4n) is 2.48. The number of sulfonamides is 1. The maximum absolute atomic E-state index is 12.5. The molecule has 0 aliphatic carbocycles. The molecule has 2 N–H and O–H groups in total. The smallest absolute Gasteiger partial charge is 0.307 e. The number of ether oxygens (including phenoxy) is 2. The van der Waals surface area contributed by atoms with Gasteiger partial charge in [0.25, 0.3) is 15.9 Å². The lowest BCUT2D eigenvalue weighted by Crippen LogP contribution is -2.34. The quantitative estimate of drug-likeness (QED) is 0.603. The lowest BCUT2D eigenvalue weighted by atomic mass is 10.1. The standard InChI is InChI=1S/C20H24N2O6S/c1-4-28-17-9-11-18(12-10-17)29(25,26)22-16-7-5-15(6-8-16)20(24)21-14(2)13-19(23)27-3/h5-12,14,22H,4,13H2,1-3H3,(H,21,24)/t14-/m0/s1. The van der Waals surface area contributed by atoms with Crippen LogP contribution in [0, 0.1) is 0 Å². The fraction of sp³-hybridized carbons (Fsp3) is 0.300. The van der Waals surface area contributed by atoms with E-state index in [1.807, 2.05) is 6.92 Å². The zero-order valence-corrected chi connectivity index (χ0v) is 17.3. The lowest BCUT2D eigenvalue weighted by Gasteiger charge is -2.13. The molecular formula is C20H24N2O6S. The van der Waals surface area contributed by atoms with Gasteiger partial charge in [-0.25, -0.2) is 8.42 Å². The van der Waals surface area contributed by atoms with Crippen molar-refractivity contribution in [3.63, 3.8) is 0 Å².